The minimum absolute atomic E-state index is 0.573. The number of aromatic nitrogens is 1. The van der Waals surface area contributed by atoms with E-state index in [0.29, 0.717) is 0 Å². The summed E-state index contributed by atoms with van der Waals surface area (Å²) in [5.74, 6) is 0. The van der Waals surface area contributed by atoms with Crippen molar-refractivity contribution in [1.82, 2.24) is 4.57 Å². The minimum Gasteiger partial charge on any atom is -0.310 e. The third-order valence-electron chi connectivity index (χ3n) is 14.8. The molecule has 2 heteroatoms. The van der Waals surface area contributed by atoms with Crippen LogP contribution in [0.1, 0.15) is 22.3 Å². The molecule has 0 radical (unpaired) electrons. The summed E-state index contributed by atoms with van der Waals surface area (Å²) in [5.41, 5.74) is 23.7. The number of hydrogen-bond donors (Lipinski definition) is 0. The van der Waals surface area contributed by atoms with Crippen LogP contribution < -0.4 is 4.90 Å². The molecule has 12 aromatic rings. The molecule has 1 aliphatic heterocycles. The van der Waals surface area contributed by atoms with Crippen LogP contribution >= 0.6 is 0 Å². The molecule has 2 heterocycles. The maximum atomic E-state index is 2.54. The Morgan fingerprint density at radius 1 is 0.290 bits per heavy atom. The summed E-state index contributed by atoms with van der Waals surface area (Å²) < 4.78 is 2.54. The average Bonchev–Trinajstić information content (AvgIpc) is 3.93. The molecule has 1 aliphatic carbocycles. The fraction of sp³-hybridized carbons (Fsp3) is 0.0149. The zero-order valence-corrected chi connectivity index (χ0v) is 37.8. The summed E-state index contributed by atoms with van der Waals surface area (Å²) in [6.45, 7) is 0. The van der Waals surface area contributed by atoms with Crippen molar-refractivity contribution in [1.29, 1.82) is 0 Å². The van der Waals surface area contributed by atoms with Gasteiger partial charge in [-0.05, 0) is 115 Å². The number of nitrogens with zero attached hydrogens (tertiary/aromatic N) is 2. The van der Waals surface area contributed by atoms with Crippen molar-refractivity contribution >= 4 is 38.9 Å². The van der Waals surface area contributed by atoms with Gasteiger partial charge >= 0.3 is 0 Å². The monoisotopic (exact) mass is 876 g/mol. The van der Waals surface area contributed by atoms with Crippen LogP contribution in [0, 0.1) is 0 Å². The Balaban J connectivity index is 0.998. The van der Waals surface area contributed by atoms with E-state index in [1.165, 1.54) is 94.3 Å². The van der Waals surface area contributed by atoms with Gasteiger partial charge in [-0.25, -0.2) is 0 Å². The van der Waals surface area contributed by atoms with Crippen LogP contribution in [-0.4, -0.2) is 4.57 Å². The Bertz CT molecular complexity index is 3870. The van der Waals surface area contributed by atoms with Crippen molar-refractivity contribution in [3.8, 4) is 61.3 Å². The third kappa shape index (κ3) is 5.92. The summed E-state index contributed by atoms with van der Waals surface area (Å²) in [5, 5.41) is 2.55. The highest BCUT2D eigenvalue weighted by molar-refractivity contribution is 6.13. The fourth-order valence-corrected chi connectivity index (χ4v) is 11.8. The van der Waals surface area contributed by atoms with Gasteiger partial charge in [-0.15, -0.1) is 0 Å². The van der Waals surface area contributed by atoms with Gasteiger partial charge in [0, 0.05) is 27.7 Å². The van der Waals surface area contributed by atoms with Crippen LogP contribution in [0.15, 0.2) is 267 Å². The Morgan fingerprint density at radius 3 is 1.36 bits per heavy atom. The molecule has 1 aromatic heterocycles. The molecular weight excluding hydrogens is 833 g/mol. The highest BCUT2D eigenvalue weighted by Crippen LogP contribution is 2.61. The van der Waals surface area contributed by atoms with E-state index >= 15 is 0 Å². The zero-order chi connectivity index (χ0) is 45.5. The number of anilines is 3. The second kappa shape index (κ2) is 15.6. The lowest BCUT2D eigenvalue weighted by molar-refractivity contribution is 0.748. The van der Waals surface area contributed by atoms with Gasteiger partial charge in [0.15, 0.2) is 0 Å². The largest absolute Gasteiger partial charge is 0.310 e. The van der Waals surface area contributed by atoms with E-state index in [1.807, 2.05) is 0 Å². The van der Waals surface area contributed by atoms with E-state index in [1.54, 1.807) is 0 Å². The molecule has 69 heavy (non-hydrogen) atoms. The van der Waals surface area contributed by atoms with E-state index in [0.717, 1.165) is 28.2 Å². The lowest BCUT2D eigenvalue weighted by Crippen LogP contribution is -2.33. The molecule has 322 valence electrons. The Kier molecular flexibility index (Phi) is 8.84. The minimum atomic E-state index is -0.573. The van der Waals surface area contributed by atoms with Crippen LogP contribution in [0.5, 0.6) is 0 Å². The summed E-state index contributed by atoms with van der Waals surface area (Å²) >= 11 is 0. The third-order valence-corrected chi connectivity index (χ3v) is 14.8. The SMILES string of the molecule is c1ccc(-c2ccc(-c3ccc(N(c4ccc5c(c4)C4(c6ccccc6-c6ccccc64)c4cccc6c7ccccc7n-5c46)c4ccccc4-c4ccc(-c5ccccc5)cc4)cc3)cc2)cc1. The molecule has 11 aromatic carbocycles. The normalized spacial score (nSPS) is 12.8. The van der Waals surface area contributed by atoms with Crippen LogP contribution in [0.2, 0.25) is 0 Å². The first-order valence-electron chi connectivity index (χ1n) is 23.9. The lowest BCUT2D eigenvalue weighted by atomic mass is 9.65. The van der Waals surface area contributed by atoms with Crippen LogP contribution in [0.4, 0.5) is 17.1 Å². The van der Waals surface area contributed by atoms with Crippen LogP contribution in [0.25, 0.3) is 83.1 Å². The Morgan fingerprint density at radius 2 is 0.739 bits per heavy atom. The van der Waals surface area contributed by atoms with Crippen molar-refractivity contribution < 1.29 is 0 Å². The molecule has 0 saturated carbocycles. The molecule has 2 aliphatic rings. The molecule has 0 N–H and O–H groups in total. The topological polar surface area (TPSA) is 8.17 Å². The molecule has 1 spiro atoms. The van der Waals surface area contributed by atoms with E-state index in [9.17, 15) is 0 Å². The van der Waals surface area contributed by atoms with E-state index in [4.69, 9.17) is 0 Å². The van der Waals surface area contributed by atoms with Crippen molar-refractivity contribution in [2.24, 2.45) is 0 Å². The quantitative estimate of drug-likeness (QED) is 0.155. The van der Waals surface area contributed by atoms with Gasteiger partial charge in [-0.2, -0.15) is 0 Å². The van der Waals surface area contributed by atoms with Crippen molar-refractivity contribution in [3.63, 3.8) is 0 Å². The lowest BCUT2D eigenvalue weighted by Gasteiger charge is -2.40. The first-order valence-corrected chi connectivity index (χ1v) is 23.9. The summed E-state index contributed by atoms with van der Waals surface area (Å²) in [4.78, 5) is 2.48. The number of hydrogen-bond acceptors (Lipinski definition) is 1. The molecule has 14 rings (SSSR count). The van der Waals surface area contributed by atoms with E-state index in [-0.39, 0.29) is 0 Å². The van der Waals surface area contributed by atoms with Crippen molar-refractivity contribution in [3.05, 3.63) is 289 Å². The maximum Gasteiger partial charge on any atom is 0.0755 e. The summed E-state index contributed by atoms with van der Waals surface area (Å²) in [6.07, 6.45) is 0. The Hall–Kier alpha value is -8.98. The number of rotatable bonds is 7. The molecule has 0 atom stereocenters. The summed E-state index contributed by atoms with van der Waals surface area (Å²) in [7, 11) is 0. The van der Waals surface area contributed by atoms with Crippen LogP contribution in [0.3, 0.4) is 0 Å². The van der Waals surface area contributed by atoms with E-state index in [2.05, 4.69) is 276 Å². The van der Waals surface area contributed by atoms with E-state index < -0.39 is 5.41 Å². The van der Waals surface area contributed by atoms with Gasteiger partial charge in [0.1, 0.15) is 0 Å². The molecular formula is C67H44N2. The number of para-hydroxylation sites is 3. The van der Waals surface area contributed by atoms with Gasteiger partial charge in [0.05, 0.1) is 27.8 Å². The predicted octanol–water partition coefficient (Wildman–Crippen LogP) is 17.6. The molecule has 0 unspecified atom stereocenters. The molecule has 0 amide bonds. The molecule has 0 fully saturated rings. The van der Waals surface area contributed by atoms with Gasteiger partial charge in [-0.3, -0.25) is 0 Å². The van der Waals surface area contributed by atoms with Gasteiger partial charge in [-0.1, -0.05) is 224 Å². The molecule has 0 saturated heterocycles. The molecule has 2 nitrogen and oxygen atoms in total. The average molecular weight is 877 g/mol. The first-order chi connectivity index (χ1) is 34.2. The first kappa shape index (κ1) is 39.2. The highest BCUT2D eigenvalue weighted by Gasteiger charge is 2.51. The van der Waals surface area contributed by atoms with Crippen molar-refractivity contribution in [2.75, 3.05) is 4.90 Å². The number of fused-ring (bicyclic) bond motifs is 12. The van der Waals surface area contributed by atoms with Gasteiger partial charge < -0.3 is 9.47 Å². The predicted molar refractivity (Wildman–Crippen MR) is 288 cm³/mol. The van der Waals surface area contributed by atoms with Crippen molar-refractivity contribution in [2.45, 2.75) is 5.41 Å². The second-order valence-electron chi connectivity index (χ2n) is 18.4. The van der Waals surface area contributed by atoms with Crippen LogP contribution in [-0.2, 0) is 5.41 Å². The number of benzene rings is 11. The Labute approximate surface area is 402 Å². The summed E-state index contributed by atoms with van der Waals surface area (Å²) in [6, 6.07) is 98.6. The zero-order valence-electron chi connectivity index (χ0n) is 37.8. The fourth-order valence-electron chi connectivity index (χ4n) is 11.8. The second-order valence-corrected chi connectivity index (χ2v) is 18.4. The smallest absolute Gasteiger partial charge is 0.0755 e. The molecule has 0 bridgehead atoms. The highest BCUT2D eigenvalue weighted by atomic mass is 15.1. The van der Waals surface area contributed by atoms with Gasteiger partial charge in [0.25, 0.3) is 0 Å². The van der Waals surface area contributed by atoms with Gasteiger partial charge in [0.2, 0.25) is 0 Å². The standard InChI is InChI=1S/C67H44N2/c1-3-16-45(17-4-1)47-30-32-49(33-31-47)50-38-40-52(41-39-50)68(63-28-13-9-20-54(63)51-36-34-48(35-37-51)46-18-5-2-6-19-46)53-42-43-65-62(44-53)67(59-25-11-7-21-55(59)56-22-8-12-26-60(56)67)61-27-15-24-58-57-23-10-14-29-64(57)69(65)66(58)61/h1-44H. The maximum absolute atomic E-state index is 2.54.